The van der Waals surface area contributed by atoms with E-state index in [1.165, 1.54) is 5.56 Å². The van der Waals surface area contributed by atoms with Crippen molar-refractivity contribution in [2.75, 3.05) is 19.8 Å². The van der Waals surface area contributed by atoms with E-state index >= 15 is 0 Å². The first-order valence-corrected chi connectivity index (χ1v) is 10.3. The maximum absolute atomic E-state index is 13.0. The Morgan fingerprint density at radius 2 is 1.97 bits per heavy atom. The molecule has 0 bridgehead atoms. The van der Waals surface area contributed by atoms with E-state index in [4.69, 9.17) is 9.47 Å². The molecule has 2 aliphatic rings. The third-order valence-electron chi connectivity index (χ3n) is 5.59. The first kappa shape index (κ1) is 19.8. The molecular formula is C22H27N3O4. The van der Waals surface area contributed by atoms with E-state index in [0.29, 0.717) is 50.0 Å². The minimum absolute atomic E-state index is 0.0190. The summed E-state index contributed by atoms with van der Waals surface area (Å²) in [6.45, 7) is 5.53. The molecule has 7 nitrogen and oxygen atoms in total. The molecule has 0 radical (unpaired) electrons. The molecule has 1 aliphatic heterocycles. The van der Waals surface area contributed by atoms with Crippen LogP contribution in [0.15, 0.2) is 35.1 Å². The van der Waals surface area contributed by atoms with Gasteiger partial charge in [-0.2, -0.15) is 0 Å². The van der Waals surface area contributed by atoms with Crippen molar-refractivity contribution in [2.24, 2.45) is 5.92 Å². The fourth-order valence-electron chi connectivity index (χ4n) is 4.02. The van der Waals surface area contributed by atoms with Crippen molar-refractivity contribution in [3.8, 4) is 0 Å². The fraction of sp³-hybridized carbons (Fsp3) is 0.500. The number of hydrogen-bond acceptors (Lipinski definition) is 5. The van der Waals surface area contributed by atoms with Crippen molar-refractivity contribution in [2.45, 2.75) is 45.4 Å². The zero-order valence-corrected chi connectivity index (χ0v) is 16.9. The summed E-state index contributed by atoms with van der Waals surface area (Å²) in [6.07, 6.45) is 0.760. The molecule has 4 rings (SSSR count). The lowest BCUT2D eigenvalue weighted by Gasteiger charge is -2.28. The second-order valence-electron chi connectivity index (χ2n) is 7.49. The molecule has 1 aliphatic carbocycles. The SMILES string of the molecule is CCOC(OCC)c1nc2c(c(=O)[nH]1)CN(C(=O)[C@H]1C[C@H]1c1ccccc1)CC2. The number of carbonyl (C=O) groups excluding carboxylic acids is 1. The fourth-order valence-corrected chi connectivity index (χ4v) is 4.02. The van der Waals surface area contributed by atoms with Crippen LogP contribution in [0, 0.1) is 5.92 Å². The van der Waals surface area contributed by atoms with E-state index in [0.717, 1.165) is 12.1 Å². The molecule has 154 valence electrons. The number of aromatic amines is 1. The Bertz CT molecular complexity index is 921. The molecule has 0 unspecified atom stereocenters. The van der Waals surface area contributed by atoms with Gasteiger partial charge in [0.2, 0.25) is 12.2 Å². The topological polar surface area (TPSA) is 84.5 Å². The quantitative estimate of drug-likeness (QED) is 0.726. The normalized spacial score (nSPS) is 20.6. The van der Waals surface area contributed by atoms with Crippen LogP contribution in [0.5, 0.6) is 0 Å². The number of carbonyl (C=O) groups is 1. The van der Waals surface area contributed by atoms with Crippen LogP contribution >= 0.6 is 0 Å². The molecule has 1 N–H and O–H groups in total. The molecule has 1 fully saturated rings. The van der Waals surface area contributed by atoms with Gasteiger partial charge in [-0.3, -0.25) is 9.59 Å². The van der Waals surface area contributed by atoms with E-state index in [1.54, 1.807) is 4.90 Å². The Morgan fingerprint density at radius 1 is 1.24 bits per heavy atom. The van der Waals surface area contributed by atoms with Crippen LogP contribution in [0.1, 0.15) is 55.1 Å². The van der Waals surface area contributed by atoms with E-state index in [9.17, 15) is 9.59 Å². The maximum Gasteiger partial charge on any atom is 0.256 e. The van der Waals surface area contributed by atoms with Gasteiger partial charge in [-0.05, 0) is 31.7 Å². The van der Waals surface area contributed by atoms with Crippen LogP contribution in [0.25, 0.3) is 0 Å². The smallest absolute Gasteiger partial charge is 0.256 e. The Morgan fingerprint density at radius 3 is 2.66 bits per heavy atom. The van der Waals surface area contributed by atoms with Crippen molar-refractivity contribution < 1.29 is 14.3 Å². The van der Waals surface area contributed by atoms with E-state index in [2.05, 4.69) is 22.1 Å². The summed E-state index contributed by atoms with van der Waals surface area (Å²) in [6, 6.07) is 10.2. The van der Waals surface area contributed by atoms with Crippen molar-refractivity contribution in [1.29, 1.82) is 0 Å². The highest BCUT2D eigenvalue weighted by molar-refractivity contribution is 5.83. The van der Waals surface area contributed by atoms with Crippen LogP contribution in [0.2, 0.25) is 0 Å². The minimum atomic E-state index is -0.680. The first-order valence-electron chi connectivity index (χ1n) is 10.3. The van der Waals surface area contributed by atoms with E-state index in [-0.39, 0.29) is 17.4 Å². The number of amides is 1. The third-order valence-corrected chi connectivity index (χ3v) is 5.59. The largest absolute Gasteiger partial charge is 0.346 e. The molecule has 7 heteroatoms. The lowest BCUT2D eigenvalue weighted by molar-refractivity contribution is -0.145. The average molecular weight is 397 g/mol. The molecule has 0 saturated heterocycles. The van der Waals surface area contributed by atoms with Gasteiger partial charge in [0.1, 0.15) is 0 Å². The van der Waals surface area contributed by atoms with Gasteiger partial charge in [0.25, 0.3) is 5.56 Å². The predicted molar refractivity (Wildman–Crippen MR) is 107 cm³/mol. The molecule has 0 spiro atoms. The van der Waals surface area contributed by atoms with Crippen LogP contribution in [0.4, 0.5) is 0 Å². The number of ether oxygens (including phenoxy) is 2. The van der Waals surface area contributed by atoms with Crippen LogP contribution < -0.4 is 5.56 Å². The lowest BCUT2D eigenvalue weighted by Crippen LogP contribution is -2.41. The molecule has 1 aromatic heterocycles. The summed E-state index contributed by atoms with van der Waals surface area (Å²) in [5.74, 6) is 0.839. The highest BCUT2D eigenvalue weighted by atomic mass is 16.7. The highest BCUT2D eigenvalue weighted by Gasteiger charge is 2.46. The van der Waals surface area contributed by atoms with Gasteiger partial charge in [-0.25, -0.2) is 4.98 Å². The highest BCUT2D eigenvalue weighted by Crippen LogP contribution is 2.48. The van der Waals surface area contributed by atoms with Crippen molar-refractivity contribution in [3.63, 3.8) is 0 Å². The molecule has 1 aromatic carbocycles. The Labute approximate surface area is 170 Å². The monoisotopic (exact) mass is 397 g/mol. The van der Waals surface area contributed by atoms with Crippen LogP contribution in [-0.2, 0) is 27.2 Å². The summed E-state index contributed by atoms with van der Waals surface area (Å²) in [5.41, 5.74) is 2.29. The van der Waals surface area contributed by atoms with Gasteiger partial charge in [0.15, 0.2) is 5.82 Å². The van der Waals surface area contributed by atoms with Gasteiger partial charge in [0, 0.05) is 32.1 Å². The molecule has 2 atom stereocenters. The number of fused-ring (bicyclic) bond motifs is 1. The molecule has 29 heavy (non-hydrogen) atoms. The average Bonchev–Trinajstić information content (AvgIpc) is 3.54. The molecule has 1 saturated carbocycles. The second-order valence-corrected chi connectivity index (χ2v) is 7.49. The first-order chi connectivity index (χ1) is 14.1. The zero-order valence-electron chi connectivity index (χ0n) is 16.9. The van der Waals surface area contributed by atoms with E-state index < -0.39 is 6.29 Å². The number of nitrogens with one attached hydrogen (secondary N) is 1. The van der Waals surface area contributed by atoms with Crippen molar-refractivity contribution in [1.82, 2.24) is 14.9 Å². The summed E-state index contributed by atoms with van der Waals surface area (Å²) >= 11 is 0. The van der Waals surface area contributed by atoms with Crippen molar-refractivity contribution in [3.05, 3.63) is 63.3 Å². The number of H-pyrrole nitrogens is 1. The molecule has 2 heterocycles. The Balaban J connectivity index is 1.48. The van der Waals surface area contributed by atoms with Crippen molar-refractivity contribution >= 4 is 5.91 Å². The maximum atomic E-state index is 13.0. The molecular weight excluding hydrogens is 370 g/mol. The van der Waals surface area contributed by atoms with Gasteiger partial charge in [0.05, 0.1) is 17.8 Å². The number of rotatable bonds is 7. The zero-order chi connectivity index (χ0) is 20.4. The standard InChI is InChI=1S/C22H27N3O4/c1-3-28-22(29-4-2)19-23-18-10-11-25(13-17(18)20(26)24-19)21(27)16-12-15(16)14-8-6-5-7-9-14/h5-9,15-16,22H,3-4,10-13H2,1-2H3,(H,23,24,26)/t15-,16-/m0/s1. The van der Waals surface area contributed by atoms with Gasteiger partial charge >= 0.3 is 0 Å². The third kappa shape index (κ3) is 4.11. The molecule has 2 aromatic rings. The second kappa shape index (κ2) is 8.47. The summed E-state index contributed by atoms with van der Waals surface area (Å²) < 4.78 is 11.1. The van der Waals surface area contributed by atoms with Gasteiger partial charge in [-0.1, -0.05) is 30.3 Å². The number of benzene rings is 1. The predicted octanol–water partition coefficient (Wildman–Crippen LogP) is 2.53. The number of aromatic nitrogens is 2. The number of nitrogens with zero attached hydrogens (tertiary/aromatic N) is 2. The Hall–Kier alpha value is -2.51. The van der Waals surface area contributed by atoms with Gasteiger partial charge in [-0.15, -0.1) is 0 Å². The Kier molecular flexibility index (Phi) is 5.78. The van der Waals surface area contributed by atoms with E-state index in [1.807, 2.05) is 32.0 Å². The summed E-state index contributed by atoms with van der Waals surface area (Å²) in [5, 5.41) is 0. The summed E-state index contributed by atoms with van der Waals surface area (Å²) in [7, 11) is 0. The summed E-state index contributed by atoms with van der Waals surface area (Å²) in [4.78, 5) is 34.8. The molecule has 1 amide bonds. The minimum Gasteiger partial charge on any atom is -0.346 e. The van der Waals surface area contributed by atoms with Gasteiger partial charge < -0.3 is 19.4 Å². The van der Waals surface area contributed by atoms with Crippen LogP contribution in [0.3, 0.4) is 0 Å². The van der Waals surface area contributed by atoms with Crippen LogP contribution in [-0.4, -0.2) is 40.5 Å². The lowest BCUT2D eigenvalue weighted by atomic mass is 10.0. The number of hydrogen-bond donors (Lipinski definition) is 1.